The Morgan fingerprint density at radius 2 is 1.46 bits per heavy atom. The topological polar surface area (TPSA) is 32.3 Å². The molecule has 0 atom stereocenters. The minimum absolute atomic E-state index is 0.0753. The van der Waals surface area contributed by atoms with Gasteiger partial charge in [0, 0.05) is 12.2 Å². The Bertz CT molecular complexity index is 831. The van der Waals surface area contributed by atoms with Crippen LogP contribution in [0.25, 0.3) is 0 Å². The zero-order valence-electron chi connectivity index (χ0n) is 15.1. The van der Waals surface area contributed by atoms with Crippen LogP contribution in [0.5, 0.6) is 0 Å². The van der Waals surface area contributed by atoms with E-state index in [0.29, 0.717) is 13.1 Å². The standard InChI is InChI=1S/C23H24N2O/c1-19-10-8-9-13-21(19)16-17-24-23(26)25(22-14-6-3-7-15-22)18-20-11-4-2-5-12-20/h2-15H,16-18H2,1H3,(H,24,26). The summed E-state index contributed by atoms with van der Waals surface area (Å²) in [5.41, 5.74) is 4.52. The molecule has 0 bridgehead atoms. The number of hydrogen-bond donors (Lipinski definition) is 1. The summed E-state index contributed by atoms with van der Waals surface area (Å²) in [6.07, 6.45) is 0.826. The van der Waals surface area contributed by atoms with Gasteiger partial charge in [-0.05, 0) is 42.2 Å². The first-order valence-electron chi connectivity index (χ1n) is 8.93. The van der Waals surface area contributed by atoms with Gasteiger partial charge in [-0.2, -0.15) is 0 Å². The lowest BCUT2D eigenvalue weighted by Gasteiger charge is -2.23. The second kappa shape index (κ2) is 8.86. The molecule has 0 unspecified atom stereocenters. The second-order valence-electron chi connectivity index (χ2n) is 6.32. The van der Waals surface area contributed by atoms with Crippen molar-refractivity contribution in [1.29, 1.82) is 0 Å². The number of benzene rings is 3. The van der Waals surface area contributed by atoms with Crippen LogP contribution in [0.2, 0.25) is 0 Å². The molecule has 26 heavy (non-hydrogen) atoms. The Hall–Kier alpha value is -3.07. The number of para-hydroxylation sites is 1. The molecule has 0 aliphatic rings. The molecule has 3 aromatic rings. The number of nitrogens with one attached hydrogen (secondary N) is 1. The highest BCUT2D eigenvalue weighted by Crippen LogP contribution is 2.17. The Morgan fingerprint density at radius 3 is 2.15 bits per heavy atom. The number of hydrogen-bond acceptors (Lipinski definition) is 1. The van der Waals surface area contributed by atoms with E-state index in [2.05, 4.69) is 24.4 Å². The van der Waals surface area contributed by atoms with Gasteiger partial charge in [0.2, 0.25) is 0 Å². The predicted octanol–water partition coefficient (Wildman–Crippen LogP) is 4.95. The summed E-state index contributed by atoms with van der Waals surface area (Å²) < 4.78 is 0. The maximum atomic E-state index is 12.8. The van der Waals surface area contributed by atoms with Gasteiger partial charge in [0.05, 0.1) is 6.54 Å². The minimum atomic E-state index is -0.0753. The molecule has 0 aromatic heterocycles. The molecular formula is C23H24N2O. The predicted molar refractivity (Wildman–Crippen MR) is 107 cm³/mol. The van der Waals surface area contributed by atoms with Crippen molar-refractivity contribution >= 4 is 11.7 Å². The van der Waals surface area contributed by atoms with Crippen LogP contribution in [0, 0.1) is 6.92 Å². The van der Waals surface area contributed by atoms with E-state index in [4.69, 9.17) is 0 Å². The van der Waals surface area contributed by atoms with Gasteiger partial charge >= 0.3 is 6.03 Å². The molecule has 3 nitrogen and oxygen atoms in total. The average molecular weight is 344 g/mol. The van der Waals surface area contributed by atoms with Gasteiger partial charge < -0.3 is 5.32 Å². The lowest BCUT2D eigenvalue weighted by Crippen LogP contribution is -2.40. The van der Waals surface area contributed by atoms with Crippen LogP contribution >= 0.6 is 0 Å². The fraction of sp³-hybridized carbons (Fsp3) is 0.174. The maximum absolute atomic E-state index is 12.8. The van der Waals surface area contributed by atoms with Crippen LogP contribution in [-0.2, 0) is 13.0 Å². The first kappa shape index (κ1) is 17.7. The van der Waals surface area contributed by atoms with Crippen molar-refractivity contribution in [3.8, 4) is 0 Å². The average Bonchev–Trinajstić information content (AvgIpc) is 2.69. The molecule has 0 fully saturated rings. The van der Waals surface area contributed by atoms with Gasteiger partial charge in [-0.3, -0.25) is 4.90 Å². The molecule has 2 amide bonds. The zero-order valence-corrected chi connectivity index (χ0v) is 15.1. The van der Waals surface area contributed by atoms with Crippen molar-refractivity contribution < 1.29 is 4.79 Å². The monoisotopic (exact) mass is 344 g/mol. The molecule has 0 spiro atoms. The summed E-state index contributed by atoms with van der Waals surface area (Å²) in [7, 11) is 0. The molecule has 3 rings (SSSR count). The van der Waals surface area contributed by atoms with E-state index in [0.717, 1.165) is 17.7 Å². The number of anilines is 1. The van der Waals surface area contributed by atoms with Crippen LogP contribution in [0.3, 0.4) is 0 Å². The normalized spacial score (nSPS) is 10.3. The van der Waals surface area contributed by atoms with Crippen LogP contribution in [0.15, 0.2) is 84.9 Å². The number of carbonyl (C=O) groups is 1. The summed E-state index contributed by atoms with van der Waals surface area (Å²) in [6.45, 7) is 3.26. The number of aryl methyl sites for hydroxylation is 1. The molecule has 0 heterocycles. The number of urea groups is 1. The molecule has 1 N–H and O–H groups in total. The van der Waals surface area contributed by atoms with E-state index in [1.807, 2.05) is 72.8 Å². The number of rotatable bonds is 6. The van der Waals surface area contributed by atoms with Gasteiger partial charge in [0.1, 0.15) is 0 Å². The van der Waals surface area contributed by atoms with E-state index < -0.39 is 0 Å². The smallest absolute Gasteiger partial charge is 0.322 e. The molecule has 3 heteroatoms. The van der Waals surface area contributed by atoms with Crippen LogP contribution in [0.4, 0.5) is 10.5 Å². The van der Waals surface area contributed by atoms with Crippen molar-refractivity contribution in [2.24, 2.45) is 0 Å². The maximum Gasteiger partial charge on any atom is 0.322 e. The third kappa shape index (κ3) is 4.73. The van der Waals surface area contributed by atoms with Gasteiger partial charge in [0.25, 0.3) is 0 Å². The van der Waals surface area contributed by atoms with E-state index in [9.17, 15) is 4.79 Å². The van der Waals surface area contributed by atoms with Gasteiger partial charge in [-0.1, -0.05) is 72.8 Å². The van der Waals surface area contributed by atoms with Crippen LogP contribution in [-0.4, -0.2) is 12.6 Å². The quantitative estimate of drug-likeness (QED) is 0.674. The highest BCUT2D eigenvalue weighted by Gasteiger charge is 2.15. The van der Waals surface area contributed by atoms with Gasteiger partial charge in [0.15, 0.2) is 0 Å². The SMILES string of the molecule is Cc1ccccc1CCNC(=O)N(Cc1ccccc1)c1ccccc1. The van der Waals surface area contributed by atoms with E-state index in [-0.39, 0.29) is 6.03 Å². The number of carbonyl (C=O) groups excluding carboxylic acids is 1. The lowest BCUT2D eigenvalue weighted by atomic mass is 10.1. The van der Waals surface area contributed by atoms with Crippen molar-refractivity contribution in [1.82, 2.24) is 5.32 Å². The Balaban J connectivity index is 1.68. The Labute approximate surface area is 155 Å². The molecule has 3 aromatic carbocycles. The minimum Gasteiger partial charge on any atom is -0.337 e. The van der Waals surface area contributed by atoms with Crippen LogP contribution in [0.1, 0.15) is 16.7 Å². The first-order valence-corrected chi connectivity index (χ1v) is 8.93. The van der Waals surface area contributed by atoms with Crippen molar-refractivity contribution in [2.45, 2.75) is 19.9 Å². The molecule has 0 saturated carbocycles. The molecule has 0 aliphatic heterocycles. The molecule has 0 aliphatic carbocycles. The molecular weight excluding hydrogens is 320 g/mol. The van der Waals surface area contributed by atoms with E-state index >= 15 is 0 Å². The summed E-state index contributed by atoms with van der Waals surface area (Å²) in [5, 5.41) is 3.06. The highest BCUT2D eigenvalue weighted by atomic mass is 16.2. The molecule has 0 saturated heterocycles. The summed E-state index contributed by atoms with van der Waals surface area (Å²) in [4.78, 5) is 14.6. The lowest BCUT2D eigenvalue weighted by molar-refractivity contribution is 0.246. The largest absolute Gasteiger partial charge is 0.337 e. The fourth-order valence-electron chi connectivity index (χ4n) is 2.94. The van der Waals surface area contributed by atoms with E-state index in [1.165, 1.54) is 11.1 Å². The summed E-state index contributed by atoms with van der Waals surface area (Å²) in [5.74, 6) is 0. The van der Waals surface area contributed by atoms with Gasteiger partial charge in [-0.25, -0.2) is 4.79 Å². The van der Waals surface area contributed by atoms with Gasteiger partial charge in [-0.15, -0.1) is 0 Å². The number of amides is 2. The zero-order chi connectivity index (χ0) is 18.2. The Kier molecular flexibility index (Phi) is 6.05. The third-order valence-electron chi connectivity index (χ3n) is 4.43. The first-order chi connectivity index (χ1) is 12.7. The van der Waals surface area contributed by atoms with E-state index in [1.54, 1.807) is 4.90 Å². The molecule has 132 valence electrons. The van der Waals surface area contributed by atoms with Crippen molar-refractivity contribution in [2.75, 3.05) is 11.4 Å². The summed E-state index contributed by atoms with van der Waals surface area (Å²) >= 11 is 0. The fourth-order valence-corrected chi connectivity index (χ4v) is 2.94. The number of nitrogens with zero attached hydrogens (tertiary/aromatic N) is 1. The second-order valence-corrected chi connectivity index (χ2v) is 6.32. The van der Waals surface area contributed by atoms with Crippen LogP contribution < -0.4 is 10.2 Å². The molecule has 0 radical (unpaired) electrons. The van der Waals surface area contributed by atoms with Crippen molar-refractivity contribution in [3.05, 3.63) is 102 Å². The summed E-state index contributed by atoms with van der Waals surface area (Å²) in [6, 6.07) is 28.0. The highest BCUT2D eigenvalue weighted by molar-refractivity contribution is 5.91. The van der Waals surface area contributed by atoms with Crippen molar-refractivity contribution in [3.63, 3.8) is 0 Å². The Morgan fingerprint density at radius 1 is 0.846 bits per heavy atom. The third-order valence-corrected chi connectivity index (χ3v) is 4.43.